The standard InChI is InChI=1S/C3H5.CF3.Sn/c1-2-3-1;2-1(3)4;/h1H,2-3H2;;. The first-order valence-electron chi connectivity index (χ1n) is 2.42. The van der Waals surface area contributed by atoms with Gasteiger partial charge in [0.1, 0.15) is 0 Å². The maximum atomic E-state index is 11.4. The van der Waals surface area contributed by atoms with Crippen molar-refractivity contribution in [3.05, 3.63) is 0 Å². The molecule has 2 radical (unpaired) electrons. The molecule has 0 nitrogen and oxygen atoms in total. The molecule has 0 atom stereocenters. The minimum atomic E-state index is -3.75. The van der Waals surface area contributed by atoms with Gasteiger partial charge >= 0.3 is 55.3 Å². The first-order chi connectivity index (χ1) is 3.58. The molecule has 0 saturated heterocycles. The van der Waals surface area contributed by atoms with E-state index in [1.54, 1.807) is 0 Å². The Morgan fingerprint density at radius 2 is 1.75 bits per heavy atom. The molecule has 0 spiro atoms. The third kappa shape index (κ3) is 2.79. The zero-order chi connectivity index (χ0) is 6.20. The quantitative estimate of drug-likeness (QED) is 0.601. The normalized spacial score (nSPS) is 21.4. The second-order valence-electron chi connectivity index (χ2n) is 1.92. The Hall–Kier alpha value is 0.589. The average molecular weight is 229 g/mol. The van der Waals surface area contributed by atoms with Crippen molar-refractivity contribution in [3.8, 4) is 0 Å². The van der Waals surface area contributed by atoms with Gasteiger partial charge in [-0.15, -0.1) is 0 Å². The van der Waals surface area contributed by atoms with Crippen LogP contribution in [0.2, 0.25) is 3.93 Å². The Balaban J connectivity index is 2.16. The van der Waals surface area contributed by atoms with Crippen molar-refractivity contribution in [1.82, 2.24) is 0 Å². The molecule has 0 unspecified atom stereocenters. The molecule has 1 saturated carbocycles. The molecule has 0 aromatic carbocycles. The van der Waals surface area contributed by atoms with Crippen molar-refractivity contribution in [2.24, 2.45) is 0 Å². The molecule has 1 rings (SSSR count). The number of alkyl halides is 3. The molecular formula is C4H5F3Sn. The summed E-state index contributed by atoms with van der Waals surface area (Å²) >= 11 is -1.96. The summed E-state index contributed by atoms with van der Waals surface area (Å²) in [5.74, 6) is 0. The molecule has 0 N–H and O–H groups in total. The van der Waals surface area contributed by atoms with Crippen molar-refractivity contribution in [1.29, 1.82) is 0 Å². The summed E-state index contributed by atoms with van der Waals surface area (Å²) in [7, 11) is 0. The molecule has 0 amide bonds. The fourth-order valence-electron chi connectivity index (χ4n) is 0.459. The molecule has 46 valence electrons. The Morgan fingerprint density at radius 3 is 1.88 bits per heavy atom. The molecular weight excluding hydrogens is 224 g/mol. The van der Waals surface area contributed by atoms with E-state index >= 15 is 0 Å². The van der Waals surface area contributed by atoms with Crippen LogP contribution in [0.5, 0.6) is 0 Å². The monoisotopic (exact) mass is 230 g/mol. The van der Waals surface area contributed by atoms with Crippen molar-refractivity contribution in [2.75, 3.05) is 0 Å². The summed E-state index contributed by atoms with van der Waals surface area (Å²) in [6.45, 7) is 0. The van der Waals surface area contributed by atoms with Gasteiger partial charge in [-0.05, 0) is 0 Å². The average Bonchev–Trinajstić information content (AvgIpc) is 2.12. The zero-order valence-electron chi connectivity index (χ0n) is 4.13. The Labute approximate surface area is 55.7 Å². The van der Waals surface area contributed by atoms with Gasteiger partial charge in [-0.1, -0.05) is 0 Å². The van der Waals surface area contributed by atoms with E-state index in [0.717, 1.165) is 12.8 Å². The summed E-state index contributed by atoms with van der Waals surface area (Å²) in [6, 6.07) is 0. The van der Waals surface area contributed by atoms with Crippen LogP contribution in [0.25, 0.3) is 0 Å². The van der Waals surface area contributed by atoms with E-state index in [4.69, 9.17) is 0 Å². The summed E-state index contributed by atoms with van der Waals surface area (Å²) < 4.78 is 30.7. The molecule has 4 heteroatoms. The van der Waals surface area contributed by atoms with Crippen LogP contribution in [0.3, 0.4) is 0 Å². The molecule has 0 bridgehead atoms. The van der Waals surface area contributed by atoms with Gasteiger partial charge in [0.05, 0.1) is 0 Å². The molecule has 8 heavy (non-hydrogen) atoms. The van der Waals surface area contributed by atoms with Crippen LogP contribution in [0.15, 0.2) is 0 Å². The zero-order valence-corrected chi connectivity index (χ0v) is 6.98. The van der Waals surface area contributed by atoms with Crippen LogP contribution in [-0.4, -0.2) is 25.3 Å². The molecule has 0 aromatic heterocycles. The Bertz CT molecular complexity index is 83.8. The van der Waals surface area contributed by atoms with Crippen LogP contribution >= 0.6 is 0 Å². The van der Waals surface area contributed by atoms with Crippen molar-refractivity contribution >= 4 is 21.1 Å². The predicted octanol–water partition coefficient (Wildman–Crippen LogP) is 1.79. The molecule has 1 aliphatic rings. The van der Waals surface area contributed by atoms with Gasteiger partial charge in [0.15, 0.2) is 0 Å². The molecule has 1 fully saturated rings. The SMILES string of the molecule is F[C](F)(F)[Sn][CH]1CC1. The Kier molecular flexibility index (Phi) is 1.74. The van der Waals surface area contributed by atoms with E-state index in [2.05, 4.69) is 0 Å². The van der Waals surface area contributed by atoms with Crippen LogP contribution < -0.4 is 0 Å². The summed E-state index contributed by atoms with van der Waals surface area (Å²) in [5.41, 5.74) is 0. The number of hydrogen-bond acceptors (Lipinski definition) is 0. The summed E-state index contributed by atoms with van der Waals surface area (Å²) in [5, 5.41) is 0. The molecule has 0 heterocycles. The van der Waals surface area contributed by atoms with E-state index in [1.807, 2.05) is 0 Å². The fourth-order valence-corrected chi connectivity index (χ4v) is 3.08. The van der Waals surface area contributed by atoms with Gasteiger partial charge in [0.2, 0.25) is 0 Å². The van der Waals surface area contributed by atoms with E-state index in [9.17, 15) is 13.2 Å². The van der Waals surface area contributed by atoms with E-state index in [-0.39, 0.29) is 3.93 Å². The maximum absolute atomic E-state index is 11.4. The second-order valence-corrected chi connectivity index (χ2v) is 6.69. The minimum absolute atomic E-state index is 0.138. The van der Waals surface area contributed by atoms with Gasteiger partial charge in [-0.2, -0.15) is 0 Å². The third-order valence-electron chi connectivity index (χ3n) is 0.945. The van der Waals surface area contributed by atoms with E-state index < -0.39 is 25.3 Å². The number of hydrogen-bond donors (Lipinski definition) is 0. The van der Waals surface area contributed by atoms with Crippen LogP contribution in [0.1, 0.15) is 12.8 Å². The first-order valence-corrected chi connectivity index (χ1v) is 5.50. The van der Waals surface area contributed by atoms with Gasteiger partial charge in [0, 0.05) is 0 Å². The van der Waals surface area contributed by atoms with Crippen molar-refractivity contribution in [3.63, 3.8) is 0 Å². The van der Waals surface area contributed by atoms with Crippen molar-refractivity contribution in [2.45, 2.75) is 21.0 Å². The van der Waals surface area contributed by atoms with E-state index in [0.29, 0.717) is 0 Å². The number of rotatable bonds is 1. The predicted molar refractivity (Wildman–Crippen MR) is 24.8 cm³/mol. The number of halogens is 3. The summed E-state index contributed by atoms with van der Waals surface area (Å²) in [6.07, 6.45) is 1.71. The van der Waals surface area contributed by atoms with Gasteiger partial charge < -0.3 is 0 Å². The fraction of sp³-hybridized carbons (Fsp3) is 1.00. The molecule has 1 aliphatic carbocycles. The third-order valence-corrected chi connectivity index (χ3v) is 4.69. The molecule has 0 aliphatic heterocycles. The van der Waals surface area contributed by atoms with Crippen LogP contribution in [-0.2, 0) is 0 Å². The van der Waals surface area contributed by atoms with Crippen LogP contribution in [0, 0.1) is 0 Å². The van der Waals surface area contributed by atoms with Crippen LogP contribution in [0.4, 0.5) is 13.2 Å². The molecule has 0 aromatic rings. The van der Waals surface area contributed by atoms with Gasteiger partial charge in [-0.25, -0.2) is 0 Å². The first kappa shape index (κ1) is 6.71. The van der Waals surface area contributed by atoms with Gasteiger partial charge in [0.25, 0.3) is 0 Å². The second kappa shape index (κ2) is 2.08. The van der Waals surface area contributed by atoms with Crippen molar-refractivity contribution < 1.29 is 13.2 Å². The van der Waals surface area contributed by atoms with E-state index in [1.165, 1.54) is 0 Å². The topological polar surface area (TPSA) is 0 Å². The van der Waals surface area contributed by atoms with Gasteiger partial charge in [-0.3, -0.25) is 0 Å². The summed E-state index contributed by atoms with van der Waals surface area (Å²) in [4.78, 5) is 0. The Morgan fingerprint density at radius 1 is 1.25 bits per heavy atom.